The van der Waals surface area contributed by atoms with Crippen LogP contribution in [0.3, 0.4) is 0 Å². The largest absolute Gasteiger partial charge is 0.378 e. The summed E-state index contributed by atoms with van der Waals surface area (Å²) < 4.78 is 0. The maximum absolute atomic E-state index is 6.58. The van der Waals surface area contributed by atoms with Gasteiger partial charge in [0.05, 0.1) is 0 Å². The SMILES string of the molecule is Clc1cc(C/C=C\N2CCCCCC2)ccc1C1CCCCC1. The first-order valence-electron chi connectivity index (χ1n) is 9.52. The number of likely N-dealkylation sites (tertiary alicyclic amines) is 1. The molecule has 1 nitrogen and oxygen atoms in total. The van der Waals surface area contributed by atoms with Gasteiger partial charge in [0, 0.05) is 18.1 Å². The smallest absolute Gasteiger partial charge is 0.0443 e. The highest BCUT2D eigenvalue weighted by atomic mass is 35.5. The van der Waals surface area contributed by atoms with Crippen LogP contribution in [0.25, 0.3) is 0 Å². The van der Waals surface area contributed by atoms with E-state index in [1.165, 1.54) is 82.0 Å². The lowest BCUT2D eigenvalue weighted by atomic mass is 9.84. The summed E-state index contributed by atoms with van der Waals surface area (Å²) in [4.78, 5) is 2.48. The molecule has 1 aliphatic carbocycles. The van der Waals surface area contributed by atoms with E-state index in [0.29, 0.717) is 5.92 Å². The van der Waals surface area contributed by atoms with Crippen LogP contribution in [-0.2, 0) is 6.42 Å². The number of hydrogen-bond donors (Lipinski definition) is 0. The van der Waals surface area contributed by atoms with E-state index < -0.39 is 0 Å². The second kappa shape index (κ2) is 8.78. The van der Waals surface area contributed by atoms with Crippen molar-refractivity contribution in [3.63, 3.8) is 0 Å². The highest BCUT2D eigenvalue weighted by Gasteiger charge is 2.17. The predicted octanol–water partition coefficient (Wildman–Crippen LogP) is 6.32. The fourth-order valence-electron chi connectivity index (χ4n) is 4.02. The van der Waals surface area contributed by atoms with Gasteiger partial charge in [0.2, 0.25) is 0 Å². The third kappa shape index (κ3) is 5.01. The van der Waals surface area contributed by atoms with Crippen molar-refractivity contribution < 1.29 is 0 Å². The monoisotopic (exact) mass is 331 g/mol. The minimum absolute atomic E-state index is 0.693. The fraction of sp³-hybridized carbons (Fsp3) is 0.619. The lowest BCUT2D eigenvalue weighted by molar-refractivity contribution is 0.390. The first-order valence-corrected chi connectivity index (χ1v) is 9.90. The summed E-state index contributed by atoms with van der Waals surface area (Å²) in [6.07, 6.45) is 17.8. The van der Waals surface area contributed by atoms with Crippen molar-refractivity contribution in [3.8, 4) is 0 Å². The molecular weight excluding hydrogens is 302 g/mol. The van der Waals surface area contributed by atoms with Gasteiger partial charge in [0.15, 0.2) is 0 Å². The van der Waals surface area contributed by atoms with Gasteiger partial charge in [-0.05, 0) is 61.4 Å². The molecule has 0 amide bonds. The molecule has 126 valence electrons. The van der Waals surface area contributed by atoms with E-state index in [-0.39, 0.29) is 0 Å². The van der Waals surface area contributed by atoms with Gasteiger partial charge in [-0.1, -0.05) is 61.9 Å². The van der Waals surface area contributed by atoms with Crippen LogP contribution in [0.5, 0.6) is 0 Å². The quantitative estimate of drug-likeness (QED) is 0.624. The Hall–Kier alpha value is -0.950. The molecule has 1 aromatic rings. The Balaban J connectivity index is 1.56. The molecule has 1 aliphatic heterocycles. The fourth-order valence-corrected chi connectivity index (χ4v) is 4.38. The van der Waals surface area contributed by atoms with Gasteiger partial charge in [0.1, 0.15) is 0 Å². The highest BCUT2D eigenvalue weighted by molar-refractivity contribution is 6.31. The van der Waals surface area contributed by atoms with Gasteiger partial charge < -0.3 is 4.90 Å². The molecule has 1 saturated carbocycles. The minimum atomic E-state index is 0.693. The number of rotatable bonds is 4. The van der Waals surface area contributed by atoms with Gasteiger partial charge in [-0.15, -0.1) is 0 Å². The molecule has 0 aromatic heterocycles. The van der Waals surface area contributed by atoms with Crippen molar-refractivity contribution in [2.45, 2.75) is 70.1 Å². The van der Waals surface area contributed by atoms with Gasteiger partial charge in [-0.25, -0.2) is 0 Å². The summed E-state index contributed by atoms with van der Waals surface area (Å²) in [6, 6.07) is 6.76. The topological polar surface area (TPSA) is 3.24 Å². The third-order valence-corrected chi connectivity index (χ3v) is 5.75. The average molecular weight is 332 g/mol. The molecule has 2 aliphatic rings. The number of halogens is 1. The maximum atomic E-state index is 6.58. The number of nitrogens with zero attached hydrogens (tertiary/aromatic N) is 1. The van der Waals surface area contributed by atoms with Gasteiger partial charge in [0.25, 0.3) is 0 Å². The van der Waals surface area contributed by atoms with Gasteiger partial charge >= 0.3 is 0 Å². The van der Waals surface area contributed by atoms with Crippen molar-refractivity contribution in [3.05, 3.63) is 46.6 Å². The molecule has 0 spiro atoms. The Morgan fingerprint density at radius 2 is 1.65 bits per heavy atom. The molecule has 0 unspecified atom stereocenters. The standard InChI is InChI=1S/C21H30ClN/c22-21-17-18(9-8-16-23-14-6-1-2-7-15-23)12-13-20(21)19-10-4-3-5-11-19/h8,12-13,16-17,19H,1-7,9-11,14-15H2/b16-8-. The van der Waals surface area contributed by atoms with Crippen LogP contribution >= 0.6 is 11.6 Å². The van der Waals surface area contributed by atoms with E-state index in [9.17, 15) is 0 Å². The molecule has 2 fully saturated rings. The lowest BCUT2D eigenvalue weighted by Crippen LogP contribution is -2.17. The maximum Gasteiger partial charge on any atom is 0.0443 e. The van der Waals surface area contributed by atoms with E-state index in [1.807, 2.05) is 0 Å². The van der Waals surface area contributed by atoms with Crippen LogP contribution in [0.2, 0.25) is 5.02 Å². The number of allylic oxidation sites excluding steroid dienone is 1. The summed E-state index contributed by atoms with van der Waals surface area (Å²) >= 11 is 6.58. The second-order valence-corrected chi connectivity index (χ2v) is 7.64. The zero-order valence-corrected chi connectivity index (χ0v) is 15.0. The van der Waals surface area contributed by atoms with Crippen LogP contribution in [-0.4, -0.2) is 18.0 Å². The van der Waals surface area contributed by atoms with E-state index in [2.05, 4.69) is 35.4 Å². The van der Waals surface area contributed by atoms with Crippen LogP contribution in [0.4, 0.5) is 0 Å². The Bertz CT molecular complexity index is 509. The summed E-state index contributed by atoms with van der Waals surface area (Å²) in [7, 11) is 0. The number of benzene rings is 1. The Labute approximate surface area is 146 Å². The Kier molecular flexibility index (Phi) is 6.45. The summed E-state index contributed by atoms with van der Waals surface area (Å²) in [6.45, 7) is 2.44. The second-order valence-electron chi connectivity index (χ2n) is 7.23. The minimum Gasteiger partial charge on any atom is -0.378 e. The van der Waals surface area contributed by atoms with Gasteiger partial charge in [-0.2, -0.15) is 0 Å². The van der Waals surface area contributed by atoms with Crippen molar-refractivity contribution in [2.24, 2.45) is 0 Å². The molecule has 0 bridgehead atoms. The molecule has 1 aromatic carbocycles. The van der Waals surface area contributed by atoms with Crippen LogP contribution in [0, 0.1) is 0 Å². The molecule has 23 heavy (non-hydrogen) atoms. The van der Waals surface area contributed by atoms with Crippen molar-refractivity contribution in [1.82, 2.24) is 4.90 Å². The average Bonchev–Trinajstić information content (AvgIpc) is 2.85. The first-order chi connectivity index (χ1) is 11.3. The molecule has 3 rings (SSSR count). The predicted molar refractivity (Wildman–Crippen MR) is 100 cm³/mol. The molecule has 1 heterocycles. The molecular formula is C21H30ClN. The highest BCUT2D eigenvalue weighted by Crippen LogP contribution is 2.36. The zero-order chi connectivity index (χ0) is 15.9. The normalized spacial score (nSPS) is 20.8. The van der Waals surface area contributed by atoms with Crippen LogP contribution < -0.4 is 0 Å². The van der Waals surface area contributed by atoms with Crippen LogP contribution in [0.1, 0.15) is 74.8 Å². The van der Waals surface area contributed by atoms with E-state index in [0.717, 1.165) is 11.4 Å². The molecule has 0 atom stereocenters. The molecule has 1 saturated heterocycles. The third-order valence-electron chi connectivity index (χ3n) is 5.42. The van der Waals surface area contributed by atoms with Gasteiger partial charge in [-0.3, -0.25) is 0 Å². The molecule has 0 radical (unpaired) electrons. The lowest BCUT2D eigenvalue weighted by Gasteiger charge is -2.23. The molecule has 2 heteroatoms. The van der Waals surface area contributed by atoms with Crippen molar-refractivity contribution >= 4 is 11.6 Å². The summed E-state index contributed by atoms with van der Waals surface area (Å²) in [5, 5.41) is 0.984. The first kappa shape index (κ1) is 16.9. The van der Waals surface area contributed by atoms with Crippen molar-refractivity contribution in [2.75, 3.05) is 13.1 Å². The van der Waals surface area contributed by atoms with E-state index in [4.69, 9.17) is 11.6 Å². The van der Waals surface area contributed by atoms with E-state index in [1.54, 1.807) is 0 Å². The summed E-state index contributed by atoms with van der Waals surface area (Å²) in [5.41, 5.74) is 2.72. The number of hydrogen-bond acceptors (Lipinski definition) is 1. The molecule has 0 N–H and O–H groups in total. The van der Waals surface area contributed by atoms with Crippen molar-refractivity contribution in [1.29, 1.82) is 0 Å². The Morgan fingerprint density at radius 1 is 0.957 bits per heavy atom. The summed E-state index contributed by atoms with van der Waals surface area (Å²) in [5.74, 6) is 0.693. The zero-order valence-electron chi connectivity index (χ0n) is 14.3. The Morgan fingerprint density at radius 3 is 2.35 bits per heavy atom. The van der Waals surface area contributed by atoms with E-state index >= 15 is 0 Å². The van der Waals surface area contributed by atoms with Crippen LogP contribution in [0.15, 0.2) is 30.5 Å².